The lowest BCUT2D eigenvalue weighted by Gasteiger charge is -2.24. The molecule has 0 fully saturated rings. The van der Waals surface area contributed by atoms with Crippen LogP contribution in [0.5, 0.6) is 5.75 Å². The number of hydrogen-bond acceptors (Lipinski definition) is 6. The van der Waals surface area contributed by atoms with Crippen LogP contribution in [-0.4, -0.2) is 37.2 Å². The number of esters is 2. The quantitative estimate of drug-likeness (QED) is 0.732. The van der Waals surface area contributed by atoms with Crippen molar-refractivity contribution in [3.05, 3.63) is 59.9 Å². The summed E-state index contributed by atoms with van der Waals surface area (Å²) in [4.78, 5) is 36.0. The second-order valence-electron chi connectivity index (χ2n) is 6.23. The van der Waals surface area contributed by atoms with Gasteiger partial charge in [-0.1, -0.05) is 12.1 Å². The Labute approximate surface area is 161 Å². The molecule has 0 atom stereocenters. The van der Waals surface area contributed by atoms with Gasteiger partial charge in [0.1, 0.15) is 11.6 Å². The van der Waals surface area contributed by atoms with Crippen LogP contribution >= 0.6 is 0 Å². The SMILES string of the molecule is COC(=O)c1ccccc1NC(=O)COC(=O)C(C)(C)Oc1ccc(F)cc1. The zero-order chi connectivity index (χ0) is 20.7. The van der Waals surface area contributed by atoms with E-state index in [4.69, 9.17) is 9.47 Å². The maximum absolute atomic E-state index is 12.9. The molecule has 0 aliphatic carbocycles. The highest BCUT2D eigenvalue weighted by molar-refractivity contribution is 6.01. The molecule has 2 aromatic carbocycles. The fraction of sp³-hybridized carbons (Fsp3) is 0.250. The Morgan fingerprint density at radius 3 is 2.32 bits per heavy atom. The van der Waals surface area contributed by atoms with E-state index < -0.39 is 35.9 Å². The molecule has 28 heavy (non-hydrogen) atoms. The van der Waals surface area contributed by atoms with Crippen molar-refractivity contribution in [3.8, 4) is 5.75 Å². The average Bonchev–Trinajstić information content (AvgIpc) is 2.67. The summed E-state index contributed by atoms with van der Waals surface area (Å²) in [5, 5.41) is 2.49. The van der Waals surface area contributed by atoms with E-state index in [1.54, 1.807) is 12.1 Å². The zero-order valence-corrected chi connectivity index (χ0v) is 15.7. The molecule has 0 bridgehead atoms. The number of amides is 1. The molecular weight excluding hydrogens is 369 g/mol. The predicted octanol–water partition coefficient (Wildman–Crippen LogP) is 2.95. The fourth-order valence-electron chi connectivity index (χ4n) is 2.21. The van der Waals surface area contributed by atoms with Gasteiger partial charge in [-0.3, -0.25) is 4.79 Å². The van der Waals surface area contributed by atoms with Crippen LogP contribution in [0.4, 0.5) is 10.1 Å². The molecule has 7 nitrogen and oxygen atoms in total. The van der Waals surface area contributed by atoms with Gasteiger partial charge in [-0.2, -0.15) is 0 Å². The van der Waals surface area contributed by atoms with Gasteiger partial charge in [0.05, 0.1) is 18.4 Å². The second kappa shape index (κ2) is 8.98. The number of anilines is 1. The Morgan fingerprint density at radius 2 is 1.68 bits per heavy atom. The van der Waals surface area contributed by atoms with E-state index in [1.165, 1.54) is 57.4 Å². The van der Waals surface area contributed by atoms with Crippen molar-refractivity contribution >= 4 is 23.5 Å². The van der Waals surface area contributed by atoms with Crippen molar-refractivity contribution in [2.75, 3.05) is 19.0 Å². The molecule has 2 aromatic rings. The first-order chi connectivity index (χ1) is 13.2. The minimum Gasteiger partial charge on any atom is -0.476 e. The number of carbonyl (C=O) groups excluding carboxylic acids is 3. The van der Waals surface area contributed by atoms with Crippen LogP contribution < -0.4 is 10.1 Å². The minimum atomic E-state index is -1.40. The third kappa shape index (κ3) is 5.54. The summed E-state index contributed by atoms with van der Waals surface area (Å²) in [7, 11) is 1.23. The van der Waals surface area contributed by atoms with E-state index in [0.29, 0.717) is 0 Å². The lowest BCUT2D eigenvalue weighted by molar-refractivity contribution is -0.161. The molecule has 0 saturated heterocycles. The zero-order valence-electron chi connectivity index (χ0n) is 15.7. The lowest BCUT2D eigenvalue weighted by Crippen LogP contribution is -2.41. The van der Waals surface area contributed by atoms with E-state index in [2.05, 4.69) is 10.1 Å². The van der Waals surface area contributed by atoms with Crippen LogP contribution in [0.2, 0.25) is 0 Å². The molecule has 8 heteroatoms. The van der Waals surface area contributed by atoms with Crippen LogP contribution in [0.1, 0.15) is 24.2 Å². The highest BCUT2D eigenvalue weighted by Crippen LogP contribution is 2.20. The number of benzene rings is 2. The number of para-hydroxylation sites is 1. The Hall–Kier alpha value is -3.42. The van der Waals surface area contributed by atoms with Crippen LogP contribution in [0, 0.1) is 5.82 Å². The number of rotatable bonds is 7. The van der Waals surface area contributed by atoms with Crippen molar-refractivity contribution in [2.24, 2.45) is 0 Å². The van der Waals surface area contributed by atoms with Gasteiger partial charge in [0.15, 0.2) is 12.2 Å². The standard InChI is InChI=1S/C20H20FNO6/c1-20(2,28-14-10-8-13(21)9-11-14)19(25)27-12-17(23)22-16-7-5-4-6-15(16)18(24)26-3/h4-11H,12H2,1-3H3,(H,22,23). The Morgan fingerprint density at radius 1 is 1.04 bits per heavy atom. The fourth-order valence-corrected chi connectivity index (χ4v) is 2.21. The van der Waals surface area contributed by atoms with Crippen molar-refractivity contribution in [1.29, 1.82) is 0 Å². The first kappa shape index (κ1) is 20.9. The molecule has 0 unspecified atom stereocenters. The van der Waals surface area contributed by atoms with E-state index >= 15 is 0 Å². The van der Waals surface area contributed by atoms with Gasteiger partial charge in [0.2, 0.25) is 0 Å². The number of carbonyl (C=O) groups is 3. The summed E-state index contributed by atoms with van der Waals surface area (Å²) in [5.41, 5.74) is -0.996. The monoisotopic (exact) mass is 389 g/mol. The van der Waals surface area contributed by atoms with E-state index in [-0.39, 0.29) is 17.0 Å². The third-order valence-electron chi connectivity index (χ3n) is 3.62. The van der Waals surface area contributed by atoms with Gasteiger partial charge in [0, 0.05) is 0 Å². The molecule has 0 aliphatic rings. The minimum absolute atomic E-state index is 0.171. The largest absolute Gasteiger partial charge is 0.476 e. The van der Waals surface area contributed by atoms with Gasteiger partial charge in [0.25, 0.3) is 5.91 Å². The van der Waals surface area contributed by atoms with Crippen molar-refractivity contribution in [3.63, 3.8) is 0 Å². The van der Waals surface area contributed by atoms with Gasteiger partial charge in [-0.05, 0) is 50.2 Å². The molecule has 0 spiro atoms. The van der Waals surface area contributed by atoms with E-state index in [9.17, 15) is 18.8 Å². The highest BCUT2D eigenvalue weighted by Gasteiger charge is 2.32. The summed E-state index contributed by atoms with van der Waals surface area (Å²) in [6.45, 7) is 2.34. The molecular formula is C20H20FNO6. The van der Waals surface area contributed by atoms with Gasteiger partial charge >= 0.3 is 11.9 Å². The predicted molar refractivity (Wildman–Crippen MR) is 98.5 cm³/mol. The summed E-state index contributed by atoms with van der Waals surface area (Å²) in [5.74, 6) is -2.19. The Bertz CT molecular complexity index is 863. The highest BCUT2D eigenvalue weighted by atomic mass is 19.1. The van der Waals surface area contributed by atoms with Crippen molar-refractivity contribution < 1.29 is 33.0 Å². The van der Waals surface area contributed by atoms with Crippen LogP contribution in [0.15, 0.2) is 48.5 Å². The molecule has 1 N–H and O–H groups in total. The maximum Gasteiger partial charge on any atom is 0.350 e. The molecule has 0 saturated carbocycles. The third-order valence-corrected chi connectivity index (χ3v) is 3.62. The topological polar surface area (TPSA) is 90.9 Å². The van der Waals surface area contributed by atoms with Crippen molar-refractivity contribution in [2.45, 2.75) is 19.4 Å². The number of ether oxygens (including phenoxy) is 3. The van der Waals surface area contributed by atoms with Crippen LogP contribution in [0.3, 0.4) is 0 Å². The molecule has 148 valence electrons. The van der Waals surface area contributed by atoms with Crippen LogP contribution in [0.25, 0.3) is 0 Å². The normalized spacial score (nSPS) is 10.7. The lowest BCUT2D eigenvalue weighted by atomic mass is 10.1. The molecule has 0 heterocycles. The summed E-state index contributed by atoms with van der Waals surface area (Å²) >= 11 is 0. The second-order valence-corrected chi connectivity index (χ2v) is 6.23. The molecule has 0 radical (unpaired) electrons. The average molecular weight is 389 g/mol. The molecule has 0 aliphatic heterocycles. The number of hydrogen-bond donors (Lipinski definition) is 1. The summed E-state index contributed by atoms with van der Waals surface area (Å²) in [6, 6.07) is 11.4. The summed E-state index contributed by atoms with van der Waals surface area (Å²) < 4.78 is 28.1. The van der Waals surface area contributed by atoms with Gasteiger partial charge in [-0.25, -0.2) is 14.0 Å². The number of halogens is 1. The van der Waals surface area contributed by atoms with Gasteiger partial charge < -0.3 is 19.5 Å². The Balaban J connectivity index is 1.94. The smallest absolute Gasteiger partial charge is 0.350 e. The van der Waals surface area contributed by atoms with E-state index in [1.807, 2.05) is 0 Å². The van der Waals surface area contributed by atoms with E-state index in [0.717, 1.165) is 0 Å². The van der Waals surface area contributed by atoms with Crippen molar-refractivity contribution in [1.82, 2.24) is 0 Å². The van der Waals surface area contributed by atoms with Crippen LogP contribution in [-0.2, 0) is 19.1 Å². The molecule has 2 rings (SSSR count). The summed E-state index contributed by atoms with van der Waals surface area (Å²) in [6.07, 6.45) is 0. The molecule has 0 aromatic heterocycles. The van der Waals surface area contributed by atoms with Gasteiger partial charge in [-0.15, -0.1) is 0 Å². The first-order valence-corrected chi connectivity index (χ1v) is 8.32. The molecule has 1 amide bonds. The maximum atomic E-state index is 12.9. The number of nitrogens with one attached hydrogen (secondary N) is 1. The number of methoxy groups -OCH3 is 1. The first-order valence-electron chi connectivity index (χ1n) is 8.32. The Kier molecular flexibility index (Phi) is 6.70.